The van der Waals surface area contributed by atoms with Gasteiger partial charge in [-0.1, -0.05) is 6.07 Å². The Bertz CT molecular complexity index is 477. The largest absolute Gasteiger partial charge is 0.490 e. The average molecular weight is 351 g/mol. The van der Waals surface area contributed by atoms with Crippen LogP contribution in [0.2, 0.25) is 0 Å². The van der Waals surface area contributed by atoms with Crippen LogP contribution in [-0.4, -0.2) is 44.8 Å². The number of nitrogens with one attached hydrogen (secondary N) is 1. The molecule has 0 amide bonds. The Morgan fingerprint density at radius 2 is 2.13 bits per heavy atom. The number of hydrogen-bond acceptors (Lipinski definition) is 4. The van der Waals surface area contributed by atoms with Gasteiger partial charge < -0.3 is 14.8 Å². The third-order valence-electron chi connectivity index (χ3n) is 3.79. The predicted molar refractivity (Wildman–Crippen MR) is 88.8 cm³/mol. The number of alkyl halides is 2. The van der Waals surface area contributed by atoms with Crippen LogP contribution in [-0.2, 0) is 6.54 Å². The van der Waals surface area contributed by atoms with Gasteiger partial charge in [0.05, 0.1) is 6.61 Å². The van der Waals surface area contributed by atoms with Crippen molar-refractivity contribution in [3.63, 3.8) is 0 Å². The number of ether oxygens (including phenoxy) is 2. The van der Waals surface area contributed by atoms with E-state index in [0.29, 0.717) is 18.3 Å². The quantitative estimate of drug-likeness (QED) is 0.781. The first kappa shape index (κ1) is 19.9. The van der Waals surface area contributed by atoms with Crippen LogP contribution in [0.3, 0.4) is 0 Å². The van der Waals surface area contributed by atoms with Crippen molar-refractivity contribution in [2.75, 3.05) is 33.3 Å². The maximum absolute atomic E-state index is 12.4. The van der Waals surface area contributed by atoms with Crippen LogP contribution in [0.4, 0.5) is 8.78 Å². The van der Waals surface area contributed by atoms with E-state index < -0.39 is 6.61 Å². The molecule has 23 heavy (non-hydrogen) atoms. The summed E-state index contributed by atoms with van der Waals surface area (Å²) >= 11 is 0. The number of rotatable bonds is 8. The van der Waals surface area contributed by atoms with E-state index in [1.54, 1.807) is 12.1 Å². The first-order valence-electron chi connectivity index (χ1n) is 7.69. The van der Waals surface area contributed by atoms with Crippen molar-refractivity contribution in [2.24, 2.45) is 5.92 Å². The zero-order valence-electron chi connectivity index (χ0n) is 13.6. The molecule has 1 heterocycles. The smallest absolute Gasteiger partial charge is 0.387 e. The highest BCUT2D eigenvalue weighted by atomic mass is 35.5. The van der Waals surface area contributed by atoms with E-state index in [0.717, 1.165) is 31.7 Å². The Balaban J connectivity index is 0.00000264. The summed E-state index contributed by atoms with van der Waals surface area (Å²) in [4.78, 5) is 2.38. The average Bonchev–Trinajstić information content (AvgIpc) is 2.89. The normalized spacial score (nSPS) is 18.0. The number of halogens is 3. The van der Waals surface area contributed by atoms with E-state index in [2.05, 4.69) is 15.0 Å². The Morgan fingerprint density at radius 3 is 2.78 bits per heavy atom. The summed E-state index contributed by atoms with van der Waals surface area (Å²) in [6.07, 6.45) is 1.19. The fourth-order valence-electron chi connectivity index (χ4n) is 2.88. The molecule has 1 atom stereocenters. The second-order valence-corrected chi connectivity index (χ2v) is 5.54. The molecule has 0 aromatic heterocycles. The molecule has 7 heteroatoms. The maximum Gasteiger partial charge on any atom is 0.387 e. The van der Waals surface area contributed by atoms with Gasteiger partial charge in [0.15, 0.2) is 11.5 Å². The molecule has 132 valence electrons. The van der Waals surface area contributed by atoms with Crippen LogP contribution < -0.4 is 14.8 Å². The van der Waals surface area contributed by atoms with Crippen molar-refractivity contribution in [3.05, 3.63) is 23.8 Å². The van der Waals surface area contributed by atoms with E-state index in [1.165, 1.54) is 6.42 Å². The second-order valence-electron chi connectivity index (χ2n) is 5.54. The van der Waals surface area contributed by atoms with Gasteiger partial charge in [0.25, 0.3) is 0 Å². The molecule has 1 unspecified atom stereocenters. The molecule has 1 aliphatic heterocycles. The molecule has 1 N–H and O–H groups in total. The van der Waals surface area contributed by atoms with Crippen LogP contribution in [0.1, 0.15) is 18.9 Å². The lowest BCUT2D eigenvalue weighted by Gasteiger charge is -2.18. The molecule has 0 saturated carbocycles. The summed E-state index contributed by atoms with van der Waals surface area (Å²) in [6, 6.07) is 5.19. The van der Waals surface area contributed by atoms with Crippen LogP contribution in [0.5, 0.6) is 11.5 Å². The Hall–Kier alpha value is -1.11. The lowest BCUT2D eigenvalue weighted by Crippen LogP contribution is -2.24. The van der Waals surface area contributed by atoms with Gasteiger partial charge in [-0.3, -0.25) is 4.90 Å². The summed E-state index contributed by atoms with van der Waals surface area (Å²) in [5, 5.41) is 3.21. The van der Waals surface area contributed by atoms with Crippen molar-refractivity contribution in [1.29, 1.82) is 0 Å². The van der Waals surface area contributed by atoms with E-state index in [-0.39, 0.29) is 18.2 Å². The number of nitrogens with zero attached hydrogens (tertiary/aromatic N) is 1. The minimum atomic E-state index is -2.84. The third kappa shape index (κ3) is 6.12. The highest BCUT2D eigenvalue weighted by molar-refractivity contribution is 5.85. The van der Waals surface area contributed by atoms with Gasteiger partial charge in [0.1, 0.15) is 0 Å². The molecule has 1 aromatic carbocycles. The molecular weight excluding hydrogens is 326 g/mol. The number of likely N-dealkylation sites (tertiary alicyclic amines) is 1. The van der Waals surface area contributed by atoms with Crippen molar-refractivity contribution >= 4 is 12.4 Å². The summed E-state index contributed by atoms with van der Waals surface area (Å²) in [5.74, 6) is 1.15. The minimum Gasteiger partial charge on any atom is -0.490 e. The van der Waals surface area contributed by atoms with Crippen molar-refractivity contribution in [3.8, 4) is 11.5 Å². The molecule has 1 saturated heterocycles. The number of hydrogen-bond donors (Lipinski definition) is 1. The SMILES string of the molecule is CCOc1cc(CN2CCC(CNC)C2)ccc1OC(F)F.Cl. The molecule has 2 rings (SSSR count). The summed E-state index contributed by atoms with van der Waals surface area (Å²) in [7, 11) is 1.97. The van der Waals surface area contributed by atoms with Gasteiger partial charge >= 0.3 is 6.61 Å². The molecule has 4 nitrogen and oxygen atoms in total. The topological polar surface area (TPSA) is 33.7 Å². The van der Waals surface area contributed by atoms with Gasteiger partial charge in [-0.15, -0.1) is 12.4 Å². The molecule has 0 aliphatic carbocycles. The fourth-order valence-corrected chi connectivity index (χ4v) is 2.88. The van der Waals surface area contributed by atoms with Crippen LogP contribution in [0.15, 0.2) is 18.2 Å². The first-order valence-corrected chi connectivity index (χ1v) is 7.69. The lowest BCUT2D eigenvalue weighted by atomic mass is 10.1. The highest BCUT2D eigenvalue weighted by Gasteiger charge is 2.22. The Labute approximate surface area is 142 Å². The van der Waals surface area contributed by atoms with Crippen molar-refractivity contribution in [1.82, 2.24) is 10.2 Å². The summed E-state index contributed by atoms with van der Waals surface area (Å²) < 4.78 is 34.7. The molecule has 1 fully saturated rings. The van der Waals surface area contributed by atoms with E-state index in [9.17, 15) is 8.78 Å². The van der Waals surface area contributed by atoms with Crippen LogP contribution in [0, 0.1) is 5.92 Å². The monoisotopic (exact) mass is 350 g/mol. The fraction of sp³-hybridized carbons (Fsp3) is 0.625. The highest BCUT2D eigenvalue weighted by Crippen LogP contribution is 2.31. The van der Waals surface area contributed by atoms with Gasteiger partial charge in [-0.2, -0.15) is 8.78 Å². The van der Waals surface area contributed by atoms with Crippen molar-refractivity contribution < 1.29 is 18.3 Å². The van der Waals surface area contributed by atoms with Crippen LogP contribution in [0.25, 0.3) is 0 Å². The molecule has 0 bridgehead atoms. The molecule has 1 aromatic rings. The molecule has 1 aliphatic rings. The molecular formula is C16H25ClF2N2O2. The number of benzene rings is 1. The van der Waals surface area contributed by atoms with E-state index in [1.807, 2.05) is 20.0 Å². The summed E-state index contributed by atoms with van der Waals surface area (Å²) in [5.41, 5.74) is 1.05. The van der Waals surface area contributed by atoms with Gasteiger partial charge in [0.2, 0.25) is 0 Å². The van der Waals surface area contributed by atoms with Crippen molar-refractivity contribution in [2.45, 2.75) is 26.5 Å². The lowest BCUT2D eigenvalue weighted by molar-refractivity contribution is -0.0514. The second kappa shape index (κ2) is 9.90. The zero-order valence-corrected chi connectivity index (χ0v) is 14.4. The van der Waals surface area contributed by atoms with E-state index >= 15 is 0 Å². The Kier molecular flexibility index (Phi) is 8.58. The van der Waals surface area contributed by atoms with Gasteiger partial charge in [-0.25, -0.2) is 0 Å². The predicted octanol–water partition coefficient (Wildman–Crippen LogP) is 3.15. The van der Waals surface area contributed by atoms with Gasteiger partial charge in [0, 0.05) is 13.1 Å². The summed E-state index contributed by atoms with van der Waals surface area (Å²) in [6.45, 7) is 3.34. The standard InChI is InChI=1S/C16H24F2N2O2.ClH/c1-3-21-15-8-12(4-5-14(15)22-16(17)18)10-20-7-6-13(11-20)9-19-2;/h4-5,8,13,16,19H,3,6-7,9-11H2,1-2H3;1H. The van der Waals surface area contributed by atoms with Gasteiger partial charge in [-0.05, 0) is 57.1 Å². The zero-order chi connectivity index (χ0) is 15.9. The minimum absolute atomic E-state index is 0. The van der Waals surface area contributed by atoms with Crippen LogP contribution >= 0.6 is 12.4 Å². The molecule has 0 spiro atoms. The Morgan fingerprint density at radius 1 is 1.35 bits per heavy atom. The van der Waals surface area contributed by atoms with E-state index in [4.69, 9.17) is 4.74 Å². The third-order valence-corrected chi connectivity index (χ3v) is 3.79. The first-order chi connectivity index (χ1) is 10.6. The molecule has 0 radical (unpaired) electrons. The maximum atomic E-state index is 12.4.